The Morgan fingerprint density at radius 2 is 2.27 bits per heavy atom. The number of hydrogen-bond acceptors (Lipinski definition) is 5. The number of carbonyl (C=O) groups is 1. The highest BCUT2D eigenvalue weighted by atomic mass is 32.1. The molecule has 0 aliphatic carbocycles. The Kier molecular flexibility index (Phi) is 3.31. The molecule has 4 heterocycles. The molecule has 4 rings (SSSR count). The van der Waals surface area contributed by atoms with Gasteiger partial charge in [-0.15, -0.1) is 11.3 Å². The van der Waals surface area contributed by atoms with Crippen LogP contribution in [0, 0.1) is 5.92 Å². The summed E-state index contributed by atoms with van der Waals surface area (Å²) in [5.41, 5.74) is 0.525. The summed E-state index contributed by atoms with van der Waals surface area (Å²) in [6.45, 7) is 3.31. The van der Waals surface area contributed by atoms with Gasteiger partial charge in [0.05, 0.1) is 5.00 Å². The summed E-state index contributed by atoms with van der Waals surface area (Å²) >= 11 is 1.69. The van der Waals surface area contributed by atoms with Crippen LogP contribution in [0.25, 0.3) is 10.1 Å². The Labute approximate surface area is 133 Å². The molecule has 5 nitrogen and oxygen atoms in total. The lowest BCUT2D eigenvalue weighted by Crippen LogP contribution is -2.43. The third-order valence-corrected chi connectivity index (χ3v) is 5.98. The second kappa shape index (κ2) is 5.21. The molecule has 22 heavy (non-hydrogen) atoms. The first-order valence-corrected chi connectivity index (χ1v) is 8.52. The lowest BCUT2D eigenvalue weighted by Gasteiger charge is -2.22. The third kappa shape index (κ3) is 2.36. The third-order valence-electron chi connectivity index (χ3n) is 4.71. The number of anilines is 1. The molecule has 2 unspecified atom stereocenters. The van der Waals surface area contributed by atoms with Gasteiger partial charge in [0.2, 0.25) is 0 Å². The molecule has 0 aromatic carbocycles. The van der Waals surface area contributed by atoms with E-state index >= 15 is 0 Å². The van der Waals surface area contributed by atoms with Crippen molar-refractivity contribution in [2.24, 2.45) is 5.92 Å². The predicted octanol–water partition coefficient (Wildman–Crippen LogP) is 1.80. The summed E-state index contributed by atoms with van der Waals surface area (Å²) in [4.78, 5) is 21.3. The number of carbonyl (C=O) groups excluding carboxylic acids is 1. The zero-order valence-corrected chi connectivity index (χ0v) is 13.7. The Morgan fingerprint density at radius 1 is 1.41 bits per heavy atom. The maximum absolute atomic E-state index is 12.5. The molecule has 2 aromatic rings. The Bertz CT molecular complexity index is 726. The average Bonchev–Trinajstić information content (AvgIpc) is 3.20. The van der Waals surface area contributed by atoms with Crippen LogP contribution in [0.15, 0.2) is 18.3 Å². The summed E-state index contributed by atoms with van der Waals surface area (Å²) in [5.74, 6) is 0.579. The molecule has 1 N–H and O–H groups in total. The monoisotopic (exact) mass is 316 g/mol. The molecular formula is C16H20N4OS. The van der Waals surface area contributed by atoms with Crippen molar-refractivity contribution in [2.75, 3.05) is 38.6 Å². The van der Waals surface area contributed by atoms with E-state index in [1.807, 2.05) is 20.2 Å². The van der Waals surface area contributed by atoms with Crippen molar-refractivity contribution in [1.82, 2.24) is 15.2 Å². The fraction of sp³-hybridized carbons (Fsp3) is 0.500. The zero-order valence-electron chi connectivity index (χ0n) is 12.9. The van der Waals surface area contributed by atoms with E-state index in [0.717, 1.165) is 23.2 Å². The van der Waals surface area contributed by atoms with E-state index in [2.05, 4.69) is 26.2 Å². The molecule has 2 aliphatic heterocycles. The van der Waals surface area contributed by atoms with E-state index in [9.17, 15) is 4.79 Å². The summed E-state index contributed by atoms with van der Waals surface area (Å²) in [6.07, 6.45) is 3.01. The maximum Gasteiger partial charge on any atom is 0.270 e. The van der Waals surface area contributed by atoms with Crippen LogP contribution >= 0.6 is 11.3 Å². The number of thiophene rings is 1. The summed E-state index contributed by atoms with van der Waals surface area (Å²) < 4.78 is 1.11. The molecular weight excluding hydrogens is 296 g/mol. The predicted molar refractivity (Wildman–Crippen MR) is 89.7 cm³/mol. The second-order valence-electron chi connectivity index (χ2n) is 6.47. The van der Waals surface area contributed by atoms with Gasteiger partial charge in [0.25, 0.3) is 5.91 Å². The first kappa shape index (κ1) is 14.0. The van der Waals surface area contributed by atoms with Gasteiger partial charge in [0.15, 0.2) is 0 Å². The van der Waals surface area contributed by atoms with Crippen LogP contribution in [0.5, 0.6) is 0 Å². The van der Waals surface area contributed by atoms with E-state index in [4.69, 9.17) is 0 Å². The van der Waals surface area contributed by atoms with Crippen LogP contribution in [0.3, 0.4) is 0 Å². The molecule has 1 amide bonds. The van der Waals surface area contributed by atoms with Gasteiger partial charge in [0.1, 0.15) is 5.69 Å². The molecule has 2 aliphatic rings. The fourth-order valence-corrected chi connectivity index (χ4v) is 4.45. The standard InChI is InChI=1S/C16H20N4OS/c1-19(2)15-5-11-7-17-12(6-14(11)22-15)16(21)18-13-9-20-4-3-10(13)8-20/h5-7,10,13H,3-4,8-9H2,1-2H3,(H,18,21)/t10-,13?/m0/s1. The van der Waals surface area contributed by atoms with Gasteiger partial charge in [-0.2, -0.15) is 0 Å². The number of fused-ring (bicyclic) bond motifs is 3. The summed E-state index contributed by atoms with van der Waals surface area (Å²) in [7, 11) is 4.05. The van der Waals surface area contributed by atoms with Gasteiger partial charge >= 0.3 is 0 Å². The number of hydrogen-bond donors (Lipinski definition) is 1. The fourth-order valence-electron chi connectivity index (χ4n) is 3.45. The molecule has 2 aromatic heterocycles. The van der Waals surface area contributed by atoms with Gasteiger partial charge in [-0.1, -0.05) is 0 Å². The minimum Gasteiger partial charge on any atom is -0.370 e. The normalized spacial score (nSPS) is 26.5. The SMILES string of the molecule is CN(C)c1cc2cnc(C(=O)NC3CN4CC[C@H]3C4)cc2s1. The van der Waals surface area contributed by atoms with E-state index < -0.39 is 0 Å². The van der Waals surface area contributed by atoms with Crippen molar-refractivity contribution in [3.63, 3.8) is 0 Å². The van der Waals surface area contributed by atoms with Crippen LogP contribution < -0.4 is 10.2 Å². The van der Waals surface area contributed by atoms with Crippen molar-refractivity contribution in [1.29, 1.82) is 0 Å². The molecule has 116 valence electrons. The van der Waals surface area contributed by atoms with E-state index in [-0.39, 0.29) is 5.91 Å². The molecule has 0 saturated carbocycles. The topological polar surface area (TPSA) is 48.5 Å². The number of pyridine rings is 1. The van der Waals surface area contributed by atoms with E-state index in [1.165, 1.54) is 18.0 Å². The van der Waals surface area contributed by atoms with Crippen LogP contribution in [0.4, 0.5) is 5.00 Å². The van der Waals surface area contributed by atoms with Crippen molar-refractivity contribution in [3.8, 4) is 0 Å². The molecule has 0 spiro atoms. The molecule has 6 heteroatoms. The molecule has 3 atom stereocenters. The minimum absolute atomic E-state index is 0.0412. The van der Waals surface area contributed by atoms with Crippen LogP contribution in [-0.2, 0) is 0 Å². The van der Waals surface area contributed by atoms with Crippen LogP contribution in [0.2, 0.25) is 0 Å². The van der Waals surface area contributed by atoms with Crippen LogP contribution in [0.1, 0.15) is 16.9 Å². The highest BCUT2D eigenvalue weighted by Crippen LogP contribution is 2.31. The lowest BCUT2D eigenvalue weighted by molar-refractivity contribution is 0.0919. The number of piperidine rings is 1. The highest BCUT2D eigenvalue weighted by molar-refractivity contribution is 7.22. The van der Waals surface area contributed by atoms with Crippen molar-refractivity contribution < 1.29 is 4.79 Å². The number of amides is 1. The van der Waals surface area contributed by atoms with Crippen molar-refractivity contribution in [3.05, 3.63) is 24.0 Å². The Balaban J connectivity index is 1.54. The number of rotatable bonds is 3. The molecule has 2 fully saturated rings. The van der Waals surface area contributed by atoms with Gasteiger partial charge in [-0.25, -0.2) is 0 Å². The average molecular weight is 316 g/mol. The smallest absolute Gasteiger partial charge is 0.270 e. The molecule has 2 saturated heterocycles. The second-order valence-corrected chi connectivity index (χ2v) is 7.54. The first-order chi connectivity index (χ1) is 10.6. The lowest BCUT2D eigenvalue weighted by atomic mass is 10.00. The largest absolute Gasteiger partial charge is 0.370 e. The first-order valence-electron chi connectivity index (χ1n) is 7.70. The maximum atomic E-state index is 12.5. The van der Waals surface area contributed by atoms with Crippen LogP contribution in [-0.4, -0.2) is 55.6 Å². The van der Waals surface area contributed by atoms with Gasteiger partial charge in [0, 0.05) is 49.5 Å². The Hall–Kier alpha value is -1.66. The minimum atomic E-state index is -0.0412. The summed E-state index contributed by atoms with van der Waals surface area (Å²) in [6, 6.07) is 4.31. The van der Waals surface area contributed by atoms with E-state index in [1.54, 1.807) is 17.5 Å². The van der Waals surface area contributed by atoms with Crippen molar-refractivity contribution in [2.45, 2.75) is 12.5 Å². The molecule has 0 radical (unpaired) electrons. The van der Waals surface area contributed by atoms with Gasteiger partial charge in [-0.05, 0) is 31.0 Å². The summed E-state index contributed by atoms with van der Waals surface area (Å²) in [5, 5.41) is 5.44. The number of nitrogens with one attached hydrogen (secondary N) is 1. The number of nitrogens with zero attached hydrogens (tertiary/aromatic N) is 3. The van der Waals surface area contributed by atoms with Gasteiger partial charge < -0.3 is 15.1 Å². The quantitative estimate of drug-likeness (QED) is 0.938. The highest BCUT2D eigenvalue weighted by Gasteiger charge is 2.38. The van der Waals surface area contributed by atoms with Crippen molar-refractivity contribution >= 4 is 32.3 Å². The zero-order chi connectivity index (χ0) is 15.3. The Morgan fingerprint density at radius 3 is 2.95 bits per heavy atom. The number of aromatic nitrogens is 1. The molecule has 2 bridgehead atoms. The van der Waals surface area contributed by atoms with E-state index in [0.29, 0.717) is 17.7 Å². The van der Waals surface area contributed by atoms with Gasteiger partial charge in [-0.3, -0.25) is 9.78 Å².